The van der Waals surface area contributed by atoms with Crippen LogP contribution in [0.2, 0.25) is 6.04 Å². The SMILES string of the molecule is C=C(C)C(=O)ON=CC[Si](OCC)(OCC)OCC. The van der Waals surface area contributed by atoms with Gasteiger partial charge in [-0.25, -0.2) is 4.79 Å². The van der Waals surface area contributed by atoms with Crippen LogP contribution >= 0.6 is 0 Å². The van der Waals surface area contributed by atoms with Crippen molar-refractivity contribution in [3.05, 3.63) is 12.2 Å². The van der Waals surface area contributed by atoms with Gasteiger partial charge < -0.3 is 18.1 Å². The highest BCUT2D eigenvalue weighted by atomic mass is 28.4. The van der Waals surface area contributed by atoms with E-state index in [2.05, 4.69) is 16.6 Å². The summed E-state index contributed by atoms with van der Waals surface area (Å²) >= 11 is 0. The fourth-order valence-corrected chi connectivity index (χ4v) is 3.49. The van der Waals surface area contributed by atoms with Gasteiger partial charge in [0.2, 0.25) is 0 Å². The summed E-state index contributed by atoms with van der Waals surface area (Å²) in [4.78, 5) is 15.7. The molecule has 0 aromatic heterocycles. The van der Waals surface area contributed by atoms with Crippen molar-refractivity contribution in [1.82, 2.24) is 0 Å². The zero-order chi connectivity index (χ0) is 14.7. The quantitative estimate of drug-likeness (QED) is 0.203. The van der Waals surface area contributed by atoms with Crippen molar-refractivity contribution >= 4 is 21.0 Å². The molecule has 6 nitrogen and oxygen atoms in total. The normalized spacial score (nSPS) is 11.8. The molecule has 0 atom stereocenters. The molecule has 0 aliphatic heterocycles. The predicted octanol–water partition coefficient (Wildman–Crippen LogP) is 2.14. The largest absolute Gasteiger partial charge is 0.506 e. The van der Waals surface area contributed by atoms with Crippen LogP contribution in [0.15, 0.2) is 17.3 Å². The molecule has 0 aromatic rings. The van der Waals surface area contributed by atoms with Gasteiger partial charge in [-0.05, 0) is 27.7 Å². The van der Waals surface area contributed by atoms with E-state index in [-0.39, 0.29) is 0 Å². The minimum Gasteiger partial charge on any atom is -0.374 e. The van der Waals surface area contributed by atoms with E-state index >= 15 is 0 Å². The molecule has 19 heavy (non-hydrogen) atoms. The molecule has 0 aliphatic rings. The van der Waals surface area contributed by atoms with Gasteiger partial charge in [0, 0.05) is 31.6 Å². The van der Waals surface area contributed by atoms with E-state index in [0.717, 1.165) is 0 Å². The third-order valence-corrected chi connectivity index (χ3v) is 4.86. The Kier molecular flexibility index (Phi) is 9.32. The molecular weight excluding hydrogens is 266 g/mol. The number of oxime groups is 1. The van der Waals surface area contributed by atoms with Gasteiger partial charge >= 0.3 is 14.8 Å². The summed E-state index contributed by atoms with van der Waals surface area (Å²) in [5.41, 5.74) is 0.292. The van der Waals surface area contributed by atoms with Crippen LogP contribution in [0.25, 0.3) is 0 Å². The Bertz CT molecular complexity index is 302. The van der Waals surface area contributed by atoms with Gasteiger partial charge in [0.1, 0.15) is 0 Å². The number of hydrogen-bond acceptors (Lipinski definition) is 6. The Morgan fingerprint density at radius 3 is 2.00 bits per heavy atom. The van der Waals surface area contributed by atoms with E-state index in [1.54, 1.807) is 6.92 Å². The average Bonchev–Trinajstić information content (AvgIpc) is 2.35. The Balaban J connectivity index is 4.50. The molecule has 0 rings (SSSR count). The van der Waals surface area contributed by atoms with Crippen molar-refractivity contribution in [3.8, 4) is 0 Å². The highest BCUT2D eigenvalue weighted by molar-refractivity contribution is 6.63. The summed E-state index contributed by atoms with van der Waals surface area (Å²) in [6.45, 7) is 12.1. The van der Waals surface area contributed by atoms with Crippen molar-refractivity contribution in [2.24, 2.45) is 5.16 Å². The van der Waals surface area contributed by atoms with E-state index in [0.29, 0.717) is 31.4 Å². The Hall–Kier alpha value is -1.02. The van der Waals surface area contributed by atoms with Crippen LogP contribution in [0, 0.1) is 0 Å². The maximum atomic E-state index is 11.1. The molecule has 0 N–H and O–H groups in total. The highest BCUT2D eigenvalue weighted by Gasteiger charge is 2.39. The molecule has 0 aliphatic carbocycles. The Labute approximate surface area is 115 Å². The maximum absolute atomic E-state index is 11.1. The molecule has 0 bridgehead atoms. The van der Waals surface area contributed by atoms with Crippen molar-refractivity contribution < 1.29 is 22.9 Å². The lowest BCUT2D eigenvalue weighted by Gasteiger charge is -2.26. The first-order chi connectivity index (χ1) is 9.01. The molecule has 0 unspecified atom stereocenters. The molecule has 0 radical (unpaired) electrons. The van der Waals surface area contributed by atoms with E-state index in [1.807, 2.05) is 20.8 Å². The zero-order valence-electron chi connectivity index (χ0n) is 12.1. The number of hydrogen-bond donors (Lipinski definition) is 0. The number of carbonyl (C=O) groups is 1. The lowest BCUT2D eigenvalue weighted by molar-refractivity contribution is -0.138. The number of carbonyl (C=O) groups excluding carboxylic acids is 1. The molecule has 7 heteroatoms. The van der Waals surface area contributed by atoms with Crippen LogP contribution in [0.3, 0.4) is 0 Å². The fraction of sp³-hybridized carbons (Fsp3) is 0.667. The van der Waals surface area contributed by atoms with E-state index in [4.69, 9.17) is 13.3 Å². The highest BCUT2D eigenvalue weighted by Crippen LogP contribution is 2.14. The molecule has 0 aromatic carbocycles. The van der Waals surface area contributed by atoms with E-state index < -0.39 is 14.8 Å². The first-order valence-corrected chi connectivity index (χ1v) is 8.25. The summed E-state index contributed by atoms with van der Waals surface area (Å²) in [5, 5.41) is 3.58. The molecule has 0 spiro atoms. The summed E-state index contributed by atoms with van der Waals surface area (Å²) in [5.74, 6) is -0.562. The summed E-state index contributed by atoms with van der Waals surface area (Å²) in [6, 6.07) is 0.353. The molecule has 0 saturated carbocycles. The molecule has 0 saturated heterocycles. The Morgan fingerprint density at radius 1 is 1.16 bits per heavy atom. The van der Waals surface area contributed by atoms with Gasteiger partial charge in [0.15, 0.2) is 0 Å². The third-order valence-electron chi connectivity index (χ3n) is 1.99. The second kappa shape index (κ2) is 9.85. The molecule has 0 amide bonds. The number of nitrogens with zero attached hydrogens (tertiary/aromatic N) is 1. The van der Waals surface area contributed by atoms with E-state index in [1.165, 1.54) is 6.21 Å². The Morgan fingerprint density at radius 2 is 1.63 bits per heavy atom. The third kappa shape index (κ3) is 7.21. The minimum absolute atomic E-state index is 0.292. The van der Waals surface area contributed by atoms with Crippen molar-refractivity contribution in [2.75, 3.05) is 19.8 Å². The van der Waals surface area contributed by atoms with Crippen LogP contribution in [0.4, 0.5) is 0 Å². The molecule has 0 heterocycles. The van der Waals surface area contributed by atoms with Gasteiger partial charge in [-0.2, -0.15) is 0 Å². The molecule has 110 valence electrons. The van der Waals surface area contributed by atoms with Crippen LogP contribution in [-0.2, 0) is 22.9 Å². The van der Waals surface area contributed by atoms with Crippen LogP contribution in [-0.4, -0.2) is 40.8 Å². The van der Waals surface area contributed by atoms with Crippen molar-refractivity contribution in [1.29, 1.82) is 0 Å². The summed E-state index contributed by atoms with van der Waals surface area (Å²) < 4.78 is 16.8. The van der Waals surface area contributed by atoms with Crippen LogP contribution < -0.4 is 0 Å². The topological polar surface area (TPSA) is 66.4 Å². The fourth-order valence-electron chi connectivity index (χ4n) is 1.27. The lowest BCUT2D eigenvalue weighted by atomic mass is 10.4. The van der Waals surface area contributed by atoms with E-state index in [9.17, 15) is 4.79 Å². The second-order valence-corrected chi connectivity index (χ2v) is 6.27. The summed E-state index contributed by atoms with van der Waals surface area (Å²) in [6.07, 6.45) is 1.44. The van der Waals surface area contributed by atoms with Gasteiger partial charge in [-0.1, -0.05) is 11.7 Å². The predicted molar refractivity (Wildman–Crippen MR) is 74.8 cm³/mol. The molecular formula is C12H23NO5Si. The zero-order valence-corrected chi connectivity index (χ0v) is 13.1. The standard InChI is InChI=1S/C12H23NO5Si/c1-6-15-19(16-7-2,17-8-3)10-9-13-18-12(14)11(4)5/h9H,4,6-8,10H2,1-3,5H3. The number of rotatable bonds is 10. The minimum atomic E-state index is -2.76. The first kappa shape index (κ1) is 18.0. The monoisotopic (exact) mass is 289 g/mol. The van der Waals surface area contributed by atoms with Gasteiger partial charge in [-0.3, -0.25) is 0 Å². The molecule has 0 fully saturated rings. The van der Waals surface area contributed by atoms with Crippen LogP contribution in [0.5, 0.6) is 0 Å². The maximum Gasteiger partial charge on any atom is 0.506 e. The van der Waals surface area contributed by atoms with Crippen LogP contribution in [0.1, 0.15) is 27.7 Å². The van der Waals surface area contributed by atoms with Gasteiger partial charge in [0.05, 0.1) is 6.04 Å². The van der Waals surface area contributed by atoms with Gasteiger partial charge in [0.25, 0.3) is 0 Å². The lowest BCUT2D eigenvalue weighted by Crippen LogP contribution is -2.46. The average molecular weight is 289 g/mol. The van der Waals surface area contributed by atoms with Crippen molar-refractivity contribution in [2.45, 2.75) is 33.7 Å². The van der Waals surface area contributed by atoms with Crippen molar-refractivity contribution in [3.63, 3.8) is 0 Å². The van der Waals surface area contributed by atoms with Gasteiger partial charge in [-0.15, -0.1) is 0 Å². The smallest absolute Gasteiger partial charge is 0.374 e. The summed E-state index contributed by atoms with van der Waals surface area (Å²) in [7, 11) is -2.76. The first-order valence-electron chi connectivity index (χ1n) is 6.31. The second-order valence-electron chi connectivity index (χ2n) is 3.63.